The predicted molar refractivity (Wildman–Crippen MR) is 72.8 cm³/mol. The van der Waals surface area contributed by atoms with Crippen molar-refractivity contribution in [2.24, 2.45) is 0 Å². The van der Waals surface area contributed by atoms with Crippen molar-refractivity contribution in [2.45, 2.75) is 46.8 Å². The molecule has 0 bridgehead atoms. The summed E-state index contributed by atoms with van der Waals surface area (Å²) in [6.45, 7) is 12.7. The van der Waals surface area contributed by atoms with Crippen molar-refractivity contribution in [1.82, 2.24) is 15.2 Å². The van der Waals surface area contributed by atoms with Crippen LogP contribution >= 0.6 is 0 Å². The molecule has 0 saturated heterocycles. The molecule has 0 aliphatic rings. The molecule has 1 heterocycles. The van der Waals surface area contributed by atoms with Crippen LogP contribution in [0.25, 0.3) is 0 Å². The summed E-state index contributed by atoms with van der Waals surface area (Å²) in [7, 11) is 0. The van der Waals surface area contributed by atoms with Gasteiger partial charge in [-0.3, -0.25) is 9.88 Å². The van der Waals surface area contributed by atoms with Crippen LogP contribution in [0, 0.1) is 0 Å². The monoisotopic (exact) mass is 235 g/mol. The number of hydrogen-bond acceptors (Lipinski definition) is 3. The van der Waals surface area contributed by atoms with Gasteiger partial charge in [-0.15, -0.1) is 0 Å². The Bertz CT molecular complexity index is 306. The zero-order valence-electron chi connectivity index (χ0n) is 11.5. The van der Waals surface area contributed by atoms with Gasteiger partial charge in [0, 0.05) is 25.3 Å². The standard InChI is InChI=1S/C14H25N3/c1-5-15-9-13-7-8-14(16-10-13)11-17(6-2)12(3)4/h7-8,10,12,15H,5-6,9,11H2,1-4H3. The fourth-order valence-corrected chi connectivity index (χ4v) is 1.79. The lowest BCUT2D eigenvalue weighted by Crippen LogP contribution is -2.30. The van der Waals surface area contributed by atoms with Crippen LogP contribution in [0.3, 0.4) is 0 Å². The molecule has 96 valence electrons. The Kier molecular flexibility index (Phi) is 6.16. The van der Waals surface area contributed by atoms with Crippen LogP contribution in [0.15, 0.2) is 18.3 Å². The van der Waals surface area contributed by atoms with Crippen molar-refractivity contribution in [3.8, 4) is 0 Å². The molecule has 0 atom stereocenters. The van der Waals surface area contributed by atoms with Gasteiger partial charge >= 0.3 is 0 Å². The Morgan fingerprint density at radius 3 is 2.53 bits per heavy atom. The summed E-state index contributed by atoms with van der Waals surface area (Å²) in [5.41, 5.74) is 2.41. The summed E-state index contributed by atoms with van der Waals surface area (Å²) < 4.78 is 0. The number of hydrogen-bond donors (Lipinski definition) is 1. The molecule has 17 heavy (non-hydrogen) atoms. The molecular formula is C14H25N3. The Morgan fingerprint density at radius 2 is 2.06 bits per heavy atom. The molecule has 0 spiro atoms. The topological polar surface area (TPSA) is 28.2 Å². The molecule has 0 fully saturated rings. The zero-order chi connectivity index (χ0) is 12.7. The molecule has 3 nitrogen and oxygen atoms in total. The van der Waals surface area contributed by atoms with Crippen LogP contribution in [0.4, 0.5) is 0 Å². The third-order valence-corrected chi connectivity index (χ3v) is 2.97. The largest absolute Gasteiger partial charge is 0.313 e. The second-order valence-corrected chi connectivity index (χ2v) is 4.59. The van der Waals surface area contributed by atoms with Gasteiger partial charge in [0.05, 0.1) is 5.69 Å². The van der Waals surface area contributed by atoms with E-state index in [1.165, 1.54) is 5.56 Å². The Morgan fingerprint density at radius 1 is 1.29 bits per heavy atom. The molecule has 1 rings (SSSR count). The third-order valence-electron chi connectivity index (χ3n) is 2.97. The van der Waals surface area contributed by atoms with E-state index in [1.807, 2.05) is 6.20 Å². The van der Waals surface area contributed by atoms with E-state index in [2.05, 4.69) is 55.0 Å². The summed E-state index contributed by atoms with van der Waals surface area (Å²) in [6.07, 6.45) is 1.98. The first kappa shape index (κ1) is 14.1. The van der Waals surface area contributed by atoms with E-state index in [4.69, 9.17) is 0 Å². The van der Waals surface area contributed by atoms with Crippen molar-refractivity contribution >= 4 is 0 Å². The normalized spacial score (nSPS) is 11.4. The van der Waals surface area contributed by atoms with Crippen LogP contribution < -0.4 is 5.32 Å². The van der Waals surface area contributed by atoms with Gasteiger partial charge in [0.1, 0.15) is 0 Å². The van der Waals surface area contributed by atoms with Crippen LogP contribution in [0.5, 0.6) is 0 Å². The quantitative estimate of drug-likeness (QED) is 0.786. The molecule has 1 aromatic rings. The van der Waals surface area contributed by atoms with Crippen molar-refractivity contribution < 1.29 is 0 Å². The number of nitrogens with zero attached hydrogens (tertiary/aromatic N) is 2. The summed E-state index contributed by atoms with van der Waals surface area (Å²) in [5.74, 6) is 0. The predicted octanol–water partition coefficient (Wildman–Crippen LogP) is 2.42. The maximum Gasteiger partial charge on any atom is 0.0544 e. The number of rotatable bonds is 7. The maximum absolute atomic E-state index is 4.52. The molecule has 0 unspecified atom stereocenters. The van der Waals surface area contributed by atoms with Crippen molar-refractivity contribution in [3.05, 3.63) is 29.6 Å². The van der Waals surface area contributed by atoms with E-state index in [0.717, 1.165) is 31.9 Å². The fourth-order valence-electron chi connectivity index (χ4n) is 1.79. The van der Waals surface area contributed by atoms with Gasteiger partial charge in [-0.05, 0) is 38.6 Å². The number of nitrogens with one attached hydrogen (secondary N) is 1. The molecule has 0 saturated carbocycles. The van der Waals surface area contributed by atoms with E-state index in [9.17, 15) is 0 Å². The smallest absolute Gasteiger partial charge is 0.0544 e. The molecule has 1 aromatic heterocycles. The van der Waals surface area contributed by atoms with Gasteiger partial charge in [-0.2, -0.15) is 0 Å². The average Bonchev–Trinajstić information content (AvgIpc) is 2.34. The second kappa shape index (κ2) is 7.41. The highest BCUT2D eigenvalue weighted by molar-refractivity contribution is 5.14. The van der Waals surface area contributed by atoms with E-state index >= 15 is 0 Å². The van der Waals surface area contributed by atoms with Gasteiger partial charge < -0.3 is 5.32 Å². The van der Waals surface area contributed by atoms with Crippen LogP contribution in [-0.4, -0.2) is 29.0 Å². The molecular weight excluding hydrogens is 210 g/mol. The molecule has 1 N–H and O–H groups in total. The summed E-state index contributed by atoms with van der Waals surface area (Å²) in [5, 5.41) is 3.30. The van der Waals surface area contributed by atoms with Gasteiger partial charge in [0.15, 0.2) is 0 Å². The minimum Gasteiger partial charge on any atom is -0.313 e. The van der Waals surface area contributed by atoms with Gasteiger partial charge in [-0.1, -0.05) is 19.9 Å². The average molecular weight is 235 g/mol. The van der Waals surface area contributed by atoms with Crippen LogP contribution in [0.1, 0.15) is 39.0 Å². The first-order valence-electron chi connectivity index (χ1n) is 6.55. The minimum absolute atomic E-state index is 0.572. The zero-order valence-corrected chi connectivity index (χ0v) is 11.5. The summed E-state index contributed by atoms with van der Waals surface area (Å²) >= 11 is 0. The molecule has 0 aliphatic heterocycles. The first-order valence-corrected chi connectivity index (χ1v) is 6.55. The third kappa shape index (κ3) is 4.84. The number of aromatic nitrogens is 1. The fraction of sp³-hybridized carbons (Fsp3) is 0.643. The highest BCUT2D eigenvalue weighted by atomic mass is 15.1. The molecule has 0 amide bonds. The SMILES string of the molecule is CCNCc1ccc(CN(CC)C(C)C)nc1. The lowest BCUT2D eigenvalue weighted by atomic mass is 10.2. The van der Waals surface area contributed by atoms with Gasteiger partial charge in [-0.25, -0.2) is 0 Å². The van der Waals surface area contributed by atoms with Crippen molar-refractivity contribution in [2.75, 3.05) is 13.1 Å². The molecule has 0 aromatic carbocycles. The molecule has 0 radical (unpaired) electrons. The Hall–Kier alpha value is -0.930. The minimum atomic E-state index is 0.572. The Labute approximate surface area is 105 Å². The summed E-state index contributed by atoms with van der Waals surface area (Å²) in [4.78, 5) is 6.93. The van der Waals surface area contributed by atoms with E-state index in [-0.39, 0.29) is 0 Å². The molecule has 3 heteroatoms. The van der Waals surface area contributed by atoms with Gasteiger partial charge in [0.25, 0.3) is 0 Å². The van der Waals surface area contributed by atoms with Crippen molar-refractivity contribution in [3.63, 3.8) is 0 Å². The van der Waals surface area contributed by atoms with Crippen LogP contribution in [0.2, 0.25) is 0 Å². The van der Waals surface area contributed by atoms with E-state index < -0.39 is 0 Å². The highest BCUT2D eigenvalue weighted by Gasteiger charge is 2.08. The number of pyridine rings is 1. The lowest BCUT2D eigenvalue weighted by Gasteiger charge is -2.24. The maximum atomic E-state index is 4.52. The lowest BCUT2D eigenvalue weighted by molar-refractivity contribution is 0.222. The second-order valence-electron chi connectivity index (χ2n) is 4.59. The summed E-state index contributed by atoms with van der Waals surface area (Å²) in [6, 6.07) is 4.87. The highest BCUT2D eigenvalue weighted by Crippen LogP contribution is 2.06. The van der Waals surface area contributed by atoms with E-state index in [1.54, 1.807) is 0 Å². The van der Waals surface area contributed by atoms with Gasteiger partial charge in [0.2, 0.25) is 0 Å². The Balaban J connectivity index is 2.55. The molecule has 0 aliphatic carbocycles. The van der Waals surface area contributed by atoms with E-state index in [0.29, 0.717) is 6.04 Å². The van der Waals surface area contributed by atoms with Crippen molar-refractivity contribution in [1.29, 1.82) is 0 Å². The van der Waals surface area contributed by atoms with Crippen LogP contribution in [-0.2, 0) is 13.1 Å². The first-order chi connectivity index (χ1) is 8.17.